The molecular weight excluding hydrogens is 396 g/mol. The molecule has 3 rings (SSSR count). The molecule has 1 aliphatic carbocycles. The third-order valence-electron chi connectivity index (χ3n) is 6.16. The Morgan fingerprint density at radius 1 is 1.32 bits per heavy atom. The Hall–Kier alpha value is -2.61. The summed E-state index contributed by atoms with van der Waals surface area (Å²) < 4.78 is 11.0. The smallest absolute Gasteiger partial charge is 0.222 e. The highest BCUT2D eigenvalue weighted by atomic mass is 16.5. The second kappa shape index (κ2) is 11.1. The predicted octanol–water partition coefficient (Wildman–Crippen LogP) is 2.96. The molecule has 1 atom stereocenters. The van der Waals surface area contributed by atoms with Crippen LogP contribution in [-0.4, -0.2) is 61.0 Å². The van der Waals surface area contributed by atoms with E-state index >= 15 is 0 Å². The average Bonchev–Trinajstić information content (AvgIpc) is 2.79. The Morgan fingerprint density at radius 2 is 2.10 bits per heavy atom. The number of carbonyl (C=O) groups excluding carboxylic acids is 2. The normalized spacial score (nSPS) is 17.5. The number of ether oxygens (including phenoxy) is 2. The molecule has 0 aromatic heterocycles. The van der Waals surface area contributed by atoms with Gasteiger partial charge in [-0.3, -0.25) is 9.59 Å². The van der Waals surface area contributed by atoms with E-state index in [1.165, 1.54) is 26.4 Å². The number of fused-ring (bicyclic) bond motifs is 1. The number of methoxy groups -OCH3 is 1. The molecule has 8 nitrogen and oxygen atoms in total. The summed E-state index contributed by atoms with van der Waals surface area (Å²) in [6.07, 6.45) is 8.15. The molecule has 170 valence electrons. The fraction of sp³-hybridized carbons (Fsp3) is 0.609. The van der Waals surface area contributed by atoms with Crippen molar-refractivity contribution in [3.05, 3.63) is 23.8 Å². The minimum atomic E-state index is -0.757. The van der Waals surface area contributed by atoms with Gasteiger partial charge in [0.15, 0.2) is 18.5 Å². The van der Waals surface area contributed by atoms with Gasteiger partial charge in [0.2, 0.25) is 5.91 Å². The number of nitrogens with two attached hydrogens (primary N) is 1. The lowest BCUT2D eigenvalue weighted by Gasteiger charge is -2.31. The van der Waals surface area contributed by atoms with Gasteiger partial charge >= 0.3 is 0 Å². The van der Waals surface area contributed by atoms with Gasteiger partial charge in [-0.1, -0.05) is 25.3 Å². The molecule has 1 aromatic rings. The third-order valence-corrected chi connectivity index (χ3v) is 6.16. The summed E-state index contributed by atoms with van der Waals surface area (Å²) in [5.74, 6) is 1.19. The van der Waals surface area contributed by atoms with Crippen LogP contribution in [0.25, 0.3) is 0 Å². The molecule has 31 heavy (non-hydrogen) atoms. The molecule has 2 aliphatic rings. The number of unbranched alkanes of at least 4 members (excludes halogenated alkanes) is 1. The van der Waals surface area contributed by atoms with Gasteiger partial charge in [0.25, 0.3) is 0 Å². The van der Waals surface area contributed by atoms with Crippen LogP contribution in [0.1, 0.15) is 56.9 Å². The van der Waals surface area contributed by atoms with E-state index in [4.69, 9.17) is 15.2 Å². The largest absolute Gasteiger partial charge is 0.494 e. The lowest BCUT2D eigenvalue weighted by molar-refractivity contribution is -0.132. The highest BCUT2D eigenvalue weighted by Crippen LogP contribution is 2.30. The fourth-order valence-corrected chi connectivity index (χ4v) is 4.22. The van der Waals surface area contributed by atoms with Crippen molar-refractivity contribution in [2.75, 3.05) is 20.8 Å². The van der Waals surface area contributed by atoms with E-state index < -0.39 is 6.23 Å². The van der Waals surface area contributed by atoms with E-state index in [1.807, 2.05) is 30.1 Å². The summed E-state index contributed by atoms with van der Waals surface area (Å²) in [7, 11) is 3.40. The van der Waals surface area contributed by atoms with Crippen molar-refractivity contribution in [3.8, 4) is 5.75 Å². The van der Waals surface area contributed by atoms with E-state index in [1.54, 1.807) is 4.90 Å². The van der Waals surface area contributed by atoms with Gasteiger partial charge in [-0.25, -0.2) is 4.99 Å². The monoisotopic (exact) mass is 430 g/mol. The molecule has 8 heteroatoms. The van der Waals surface area contributed by atoms with Gasteiger partial charge in [0, 0.05) is 32.7 Å². The van der Waals surface area contributed by atoms with Crippen LogP contribution in [-0.2, 0) is 20.9 Å². The van der Waals surface area contributed by atoms with E-state index in [2.05, 4.69) is 4.99 Å². The molecular formula is C23H34N4O4. The molecule has 1 heterocycles. The highest BCUT2D eigenvalue weighted by Gasteiger charge is 2.25. The van der Waals surface area contributed by atoms with E-state index in [9.17, 15) is 9.59 Å². The number of amides is 1. The van der Waals surface area contributed by atoms with Crippen LogP contribution in [0, 0.1) is 0 Å². The van der Waals surface area contributed by atoms with Gasteiger partial charge < -0.3 is 25.0 Å². The van der Waals surface area contributed by atoms with E-state index in [0.29, 0.717) is 37.6 Å². The third kappa shape index (κ3) is 5.97. The zero-order valence-electron chi connectivity index (χ0n) is 18.6. The zero-order chi connectivity index (χ0) is 22.2. The molecule has 1 aromatic carbocycles. The number of benzene rings is 1. The summed E-state index contributed by atoms with van der Waals surface area (Å²) in [5.41, 5.74) is 7.68. The number of carbonyl (C=O) groups is 2. The predicted molar refractivity (Wildman–Crippen MR) is 119 cm³/mol. The van der Waals surface area contributed by atoms with Crippen molar-refractivity contribution in [1.82, 2.24) is 9.80 Å². The van der Waals surface area contributed by atoms with Crippen LogP contribution in [0.5, 0.6) is 5.75 Å². The molecule has 0 radical (unpaired) electrons. The molecule has 1 saturated carbocycles. The molecule has 0 bridgehead atoms. The summed E-state index contributed by atoms with van der Waals surface area (Å²) >= 11 is 0. The minimum absolute atomic E-state index is 0.236. The van der Waals surface area contributed by atoms with Crippen molar-refractivity contribution < 1.29 is 19.1 Å². The zero-order valence-corrected chi connectivity index (χ0v) is 18.6. The van der Waals surface area contributed by atoms with Gasteiger partial charge in [-0.15, -0.1) is 0 Å². The summed E-state index contributed by atoms with van der Waals surface area (Å²) in [6, 6.07) is 6.08. The topological polar surface area (TPSA) is 97.5 Å². The van der Waals surface area contributed by atoms with Gasteiger partial charge in [0.1, 0.15) is 5.75 Å². The summed E-state index contributed by atoms with van der Waals surface area (Å²) in [5, 5.41) is 0. The van der Waals surface area contributed by atoms with Gasteiger partial charge in [0.05, 0.1) is 18.8 Å². The number of aldehydes is 1. The average molecular weight is 431 g/mol. The number of aliphatic imine (C=N–C) groups is 1. The van der Waals surface area contributed by atoms with Crippen LogP contribution in [0.4, 0.5) is 5.69 Å². The SMILES string of the molecule is COC(C=O)N1Cc2ccc(OCCCCC(=O)N(C)C3CCCCC3)cc2N=C1N. The van der Waals surface area contributed by atoms with E-state index in [-0.39, 0.29) is 11.9 Å². The fourth-order valence-electron chi connectivity index (χ4n) is 4.22. The number of hydrogen-bond donors (Lipinski definition) is 1. The van der Waals surface area contributed by atoms with Crippen LogP contribution in [0.15, 0.2) is 23.2 Å². The first-order valence-corrected chi connectivity index (χ1v) is 11.1. The molecule has 0 saturated heterocycles. The summed E-state index contributed by atoms with van der Waals surface area (Å²) in [4.78, 5) is 31.5. The number of guanidine groups is 1. The summed E-state index contributed by atoms with van der Waals surface area (Å²) in [6.45, 7) is 0.986. The van der Waals surface area contributed by atoms with Crippen molar-refractivity contribution in [2.24, 2.45) is 10.7 Å². The molecule has 1 unspecified atom stereocenters. The Bertz CT molecular complexity index is 792. The maximum atomic E-state index is 12.4. The Kier molecular flexibility index (Phi) is 8.28. The Balaban J connectivity index is 1.43. The maximum absolute atomic E-state index is 12.4. The number of rotatable bonds is 10. The molecule has 1 fully saturated rings. The molecule has 2 N–H and O–H groups in total. The van der Waals surface area contributed by atoms with Crippen LogP contribution in [0.3, 0.4) is 0 Å². The van der Waals surface area contributed by atoms with Crippen LogP contribution >= 0.6 is 0 Å². The first-order chi connectivity index (χ1) is 15.0. The number of nitrogens with zero attached hydrogens (tertiary/aromatic N) is 3. The second-order valence-corrected chi connectivity index (χ2v) is 8.25. The Morgan fingerprint density at radius 3 is 2.81 bits per heavy atom. The van der Waals surface area contributed by atoms with Crippen molar-refractivity contribution in [1.29, 1.82) is 0 Å². The first kappa shape index (κ1) is 23.1. The van der Waals surface area contributed by atoms with Crippen molar-refractivity contribution in [3.63, 3.8) is 0 Å². The number of hydrogen-bond acceptors (Lipinski definition) is 7. The lowest BCUT2D eigenvalue weighted by Crippen LogP contribution is -2.47. The van der Waals surface area contributed by atoms with E-state index in [0.717, 1.165) is 36.9 Å². The van der Waals surface area contributed by atoms with Gasteiger partial charge in [-0.2, -0.15) is 0 Å². The molecule has 0 spiro atoms. The van der Waals surface area contributed by atoms with Crippen LogP contribution < -0.4 is 10.5 Å². The second-order valence-electron chi connectivity index (χ2n) is 8.25. The molecule has 1 amide bonds. The lowest BCUT2D eigenvalue weighted by atomic mass is 9.94. The standard InChI is InChI=1S/C23H34N4O4/c1-26(18-8-4-3-5-9-18)21(29)10-6-7-13-31-19-12-11-17-15-27(22(16-28)30-2)23(24)25-20(17)14-19/h11-12,14,16,18,22H,3-10,13,15H2,1-2H3,(H2,24,25). The Labute approximate surface area is 184 Å². The maximum Gasteiger partial charge on any atom is 0.222 e. The quantitative estimate of drug-likeness (QED) is 0.453. The minimum Gasteiger partial charge on any atom is -0.494 e. The van der Waals surface area contributed by atoms with Gasteiger partial charge in [-0.05, 0) is 37.3 Å². The van der Waals surface area contributed by atoms with Crippen LogP contribution in [0.2, 0.25) is 0 Å². The van der Waals surface area contributed by atoms with Crippen molar-refractivity contribution >= 4 is 23.8 Å². The highest BCUT2D eigenvalue weighted by molar-refractivity contribution is 5.85. The first-order valence-electron chi connectivity index (χ1n) is 11.1. The van der Waals surface area contributed by atoms with Crippen molar-refractivity contribution in [2.45, 2.75) is 70.2 Å². The molecule has 1 aliphatic heterocycles.